The highest BCUT2D eigenvalue weighted by Gasteiger charge is 2.22. The van der Waals surface area contributed by atoms with Crippen molar-refractivity contribution in [2.24, 2.45) is 0 Å². The van der Waals surface area contributed by atoms with Gasteiger partial charge in [0.25, 0.3) is 0 Å². The molecule has 1 rings (SSSR count). The second kappa shape index (κ2) is 6.52. The molecule has 1 N–H and O–H groups in total. The van der Waals surface area contributed by atoms with E-state index in [0.29, 0.717) is 0 Å². The second-order valence-corrected chi connectivity index (χ2v) is 8.91. The van der Waals surface area contributed by atoms with Gasteiger partial charge in [0.15, 0.2) is 9.84 Å². The Labute approximate surface area is 122 Å². The van der Waals surface area contributed by atoms with Crippen LogP contribution in [0, 0.1) is 5.82 Å². The van der Waals surface area contributed by atoms with Crippen LogP contribution in [0.25, 0.3) is 0 Å². The fraction of sp³-hybridized carbons (Fsp3) is 0.417. The normalized spacial score (nSPS) is 12.3. The Morgan fingerprint density at radius 1 is 1.19 bits per heavy atom. The first kappa shape index (κ1) is 17.6. The van der Waals surface area contributed by atoms with Crippen molar-refractivity contribution in [3.63, 3.8) is 0 Å². The molecule has 21 heavy (non-hydrogen) atoms. The Hall–Kier alpha value is -1.48. The molecule has 0 radical (unpaired) electrons. The van der Waals surface area contributed by atoms with Crippen LogP contribution in [-0.2, 0) is 19.7 Å². The molecule has 0 unspecified atom stereocenters. The maximum absolute atomic E-state index is 13.6. The van der Waals surface area contributed by atoms with Gasteiger partial charge in [-0.1, -0.05) is 6.92 Å². The minimum atomic E-state index is -4.08. The van der Waals surface area contributed by atoms with Gasteiger partial charge < -0.3 is 5.11 Å². The molecule has 0 heterocycles. The molecule has 9 heteroatoms. The average molecular weight is 338 g/mol. The first-order valence-electron chi connectivity index (χ1n) is 6.05. The first-order chi connectivity index (χ1) is 9.59. The van der Waals surface area contributed by atoms with Crippen LogP contribution in [0.15, 0.2) is 23.1 Å². The predicted octanol–water partition coefficient (Wildman–Crippen LogP) is 1.12. The third kappa shape index (κ3) is 4.78. The van der Waals surface area contributed by atoms with Gasteiger partial charge in [0, 0.05) is 5.75 Å². The van der Waals surface area contributed by atoms with Crippen LogP contribution in [0.4, 0.5) is 4.39 Å². The predicted molar refractivity (Wildman–Crippen MR) is 74.4 cm³/mol. The Bertz CT molecular complexity index is 737. The smallest absolute Gasteiger partial charge is 0.335 e. The third-order valence-electron chi connectivity index (χ3n) is 2.82. The number of sulfone groups is 2. The van der Waals surface area contributed by atoms with Crippen molar-refractivity contribution in [1.82, 2.24) is 0 Å². The lowest BCUT2D eigenvalue weighted by Gasteiger charge is -2.07. The van der Waals surface area contributed by atoms with E-state index in [1.165, 1.54) is 6.92 Å². The SMILES string of the molecule is CCS(=O)(=O)CCCS(=O)(=O)c1cc(C(=O)O)ccc1F. The van der Waals surface area contributed by atoms with E-state index in [0.717, 1.165) is 18.2 Å². The summed E-state index contributed by atoms with van der Waals surface area (Å²) in [7, 11) is -7.39. The summed E-state index contributed by atoms with van der Waals surface area (Å²) in [5.41, 5.74) is -0.351. The monoisotopic (exact) mass is 338 g/mol. The number of carboxylic acids is 1. The summed E-state index contributed by atoms with van der Waals surface area (Å²) in [4.78, 5) is 10.1. The molecule has 118 valence electrons. The van der Waals surface area contributed by atoms with E-state index in [1.54, 1.807) is 0 Å². The van der Waals surface area contributed by atoms with Crippen LogP contribution in [0.2, 0.25) is 0 Å². The summed E-state index contributed by atoms with van der Waals surface area (Å²) in [6.45, 7) is 1.44. The van der Waals surface area contributed by atoms with E-state index in [2.05, 4.69) is 0 Å². The third-order valence-corrected chi connectivity index (χ3v) is 6.42. The van der Waals surface area contributed by atoms with E-state index in [4.69, 9.17) is 5.11 Å². The van der Waals surface area contributed by atoms with E-state index >= 15 is 0 Å². The summed E-state index contributed by atoms with van der Waals surface area (Å²) >= 11 is 0. The maximum atomic E-state index is 13.6. The molecule has 0 fully saturated rings. The maximum Gasteiger partial charge on any atom is 0.335 e. The van der Waals surface area contributed by atoms with Gasteiger partial charge in [0.2, 0.25) is 0 Å². The fourth-order valence-electron chi connectivity index (χ4n) is 1.60. The van der Waals surface area contributed by atoms with Crippen molar-refractivity contribution >= 4 is 25.6 Å². The Kier molecular flexibility index (Phi) is 5.46. The van der Waals surface area contributed by atoms with Gasteiger partial charge in [-0.25, -0.2) is 26.0 Å². The Morgan fingerprint density at radius 2 is 1.81 bits per heavy atom. The standard InChI is InChI=1S/C12H15FO6S2/c1-2-20(16,17)6-3-7-21(18,19)11-8-9(12(14)15)4-5-10(11)13/h4-5,8H,2-3,6-7H2,1H3,(H,14,15). The van der Waals surface area contributed by atoms with Gasteiger partial charge in [0.1, 0.15) is 20.5 Å². The summed E-state index contributed by atoms with van der Waals surface area (Å²) in [5.74, 6) is -3.41. The zero-order valence-corrected chi connectivity index (χ0v) is 12.9. The van der Waals surface area contributed by atoms with Gasteiger partial charge in [-0.3, -0.25) is 0 Å². The molecule has 0 aliphatic rings. The first-order valence-corrected chi connectivity index (χ1v) is 9.52. The van der Waals surface area contributed by atoms with Crippen LogP contribution in [0.3, 0.4) is 0 Å². The molecule has 0 atom stereocenters. The van der Waals surface area contributed by atoms with Gasteiger partial charge in [-0.15, -0.1) is 0 Å². The van der Waals surface area contributed by atoms with Crippen LogP contribution >= 0.6 is 0 Å². The molecule has 0 saturated carbocycles. The van der Waals surface area contributed by atoms with Crippen molar-refractivity contribution in [3.05, 3.63) is 29.6 Å². The number of carboxylic acid groups (broad SMARTS) is 1. The highest BCUT2D eigenvalue weighted by molar-refractivity contribution is 7.92. The summed E-state index contributed by atoms with van der Waals surface area (Å²) < 4.78 is 60.1. The average Bonchev–Trinajstić information content (AvgIpc) is 2.38. The quantitative estimate of drug-likeness (QED) is 0.799. The number of rotatable bonds is 7. The van der Waals surface area contributed by atoms with E-state index in [1.807, 2.05) is 0 Å². The van der Waals surface area contributed by atoms with E-state index in [-0.39, 0.29) is 23.5 Å². The lowest BCUT2D eigenvalue weighted by molar-refractivity contribution is 0.0696. The van der Waals surface area contributed by atoms with Gasteiger partial charge in [-0.2, -0.15) is 0 Å². The molecule has 0 amide bonds. The van der Waals surface area contributed by atoms with Crippen molar-refractivity contribution in [2.75, 3.05) is 17.3 Å². The second-order valence-electron chi connectivity index (χ2n) is 4.36. The van der Waals surface area contributed by atoms with Crippen LogP contribution in [0.5, 0.6) is 0 Å². The number of aromatic carboxylic acids is 1. The topological polar surface area (TPSA) is 106 Å². The van der Waals surface area contributed by atoms with Crippen LogP contribution in [0.1, 0.15) is 23.7 Å². The lowest BCUT2D eigenvalue weighted by Crippen LogP contribution is -2.15. The summed E-state index contributed by atoms with van der Waals surface area (Å²) in [6, 6.07) is 2.46. The van der Waals surface area contributed by atoms with Crippen LogP contribution in [-0.4, -0.2) is 45.2 Å². The zero-order chi connectivity index (χ0) is 16.3. The van der Waals surface area contributed by atoms with Gasteiger partial charge in [-0.05, 0) is 24.6 Å². The number of carbonyl (C=O) groups is 1. The molecule has 0 aromatic heterocycles. The minimum absolute atomic E-state index is 0.101. The Balaban J connectivity index is 2.98. The number of hydrogen-bond donors (Lipinski definition) is 1. The van der Waals surface area contributed by atoms with E-state index < -0.39 is 42.1 Å². The van der Waals surface area contributed by atoms with E-state index in [9.17, 15) is 26.0 Å². The highest BCUT2D eigenvalue weighted by atomic mass is 32.2. The molecule has 0 spiro atoms. The van der Waals surface area contributed by atoms with Crippen molar-refractivity contribution < 1.29 is 31.1 Å². The summed E-state index contributed by atoms with van der Waals surface area (Å²) in [6.07, 6.45) is -0.171. The lowest BCUT2D eigenvalue weighted by atomic mass is 10.2. The molecular formula is C12H15FO6S2. The van der Waals surface area contributed by atoms with Gasteiger partial charge >= 0.3 is 5.97 Å². The number of hydrogen-bond acceptors (Lipinski definition) is 5. The molecular weight excluding hydrogens is 323 g/mol. The molecule has 1 aromatic rings. The molecule has 0 aliphatic carbocycles. The van der Waals surface area contributed by atoms with Crippen molar-refractivity contribution in [2.45, 2.75) is 18.2 Å². The van der Waals surface area contributed by atoms with Crippen molar-refractivity contribution in [3.8, 4) is 0 Å². The largest absolute Gasteiger partial charge is 0.478 e. The summed E-state index contributed by atoms with van der Waals surface area (Å²) in [5, 5.41) is 8.78. The Morgan fingerprint density at radius 3 is 2.33 bits per heavy atom. The number of halogens is 1. The zero-order valence-electron chi connectivity index (χ0n) is 11.2. The van der Waals surface area contributed by atoms with Crippen LogP contribution < -0.4 is 0 Å². The van der Waals surface area contributed by atoms with Gasteiger partial charge in [0.05, 0.1) is 17.1 Å². The molecule has 0 saturated heterocycles. The molecule has 0 bridgehead atoms. The minimum Gasteiger partial charge on any atom is -0.478 e. The molecule has 0 aliphatic heterocycles. The fourth-order valence-corrected chi connectivity index (χ4v) is 4.07. The highest BCUT2D eigenvalue weighted by Crippen LogP contribution is 2.19. The van der Waals surface area contributed by atoms with Crippen molar-refractivity contribution in [1.29, 1.82) is 0 Å². The molecule has 6 nitrogen and oxygen atoms in total. The molecule has 1 aromatic carbocycles. The number of benzene rings is 1.